The van der Waals surface area contributed by atoms with Crippen molar-refractivity contribution in [3.05, 3.63) is 47.5 Å². The Kier molecular flexibility index (Phi) is 5.37. The van der Waals surface area contributed by atoms with E-state index in [2.05, 4.69) is 0 Å². The lowest BCUT2D eigenvalue weighted by molar-refractivity contribution is -0.166. The molecule has 2 aromatic rings. The third kappa shape index (κ3) is 3.34. The molecular formula is C21H21F3O4. The van der Waals surface area contributed by atoms with E-state index >= 15 is 0 Å². The molecule has 0 radical (unpaired) electrons. The molecule has 1 aliphatic carbocycles. The van der Waals surface area contributed by atoms with Crippen molar-refractivity contribution in [2.24, 2.45) is 0 Å². The summed E-state index contributed by atoms with van der Waals surface area (Å²) in [5, 5.41) is 1.29. The normalized spacial score (nSPS) is 18.0. The van der Waals surface area contributed by atoms with E-state index < -0.39 is 35.9 Å². The van der Waals surface area contributed by atoms with Crippen molar-refractivity contribution in [3.8, 4) is 0 Å². The molecule has 0 N–H and O–H groups in total. The largest absolute Gasteiger partial charge is 0.465 e. The van der Waals surface area contributed by atoms with Crippen LogP contribution in [0.5, 0.6) is 0 Å². The number of hydrogen-bond acceptors (Lipinski definition) is 4. The molecule has 28 heavy (non-hydrogen) atoms. The first kappa shape index (κ1) is 20.2. The molecule has 2 aromatic carbocycles. The first-order valence-electron chi connectivity index (χ1n) is 9.18. The van der Waals surface area contributed by atoms with Gasteiger partial charge in [-0.1, -0.05) is 36.4 Å². The summed E-state index contributed by atoms with van der Waals surface area (Å²) in [6.45, 7) is 3.18. The van der Waals surface area contributed by atoms with Crippen molar-refractivity contribution in [2.75, 3.05) is 13.2 Å². The molecule has 0 aromatic heterocycles. The van der Waals surface area contributed by atoms with Gasteiger partial charge in [-0.25, -0.2) is 0 Å². The van der Waals surface area contributed by atoms with Crippen molar-refractivity contribution in [1.29, 1.82) is 0 Å². The quantitative estimate of drug-likeness (QED) is 0.548. The highest BCUT2D eigenvalue weighted by atomic mass is 19.4. The Morgan fingerprint density at radius 1 is 1.04 bits per heavy atom. The molecule has 0 amide bonds. The van der Waals surface area contributed by atoms with Gasteiger partial charge in [0.2, 0.25) is 0 Å². The summed E-state index contributed by atoms with van der Waals surface area (Å²) in [6, 6.07) is 10.3. The van der Waals surface area contributed by atoms with Gasteiger partial charge in [-0.05, 0) is 48.1 Å². The zero-order chi connectivity index (χ0) is 20.5. The summed E-state index contributed by atoms with van der Waals surface area (Å²) in [5.41, 5.74) is -1.29. The molecule has 7 heteroatoms. The van der Waals surface area contributed by atoms with E-state index in [1.165, 1.54) is 0 Å². The monoisotopic (exact) mass is 394 g/mol. The van der Waals surface area contributed by atoms with Gasteiger partial charge in [-0.2, -0.15) is 13.2 Å². The summed E-state index contributed by atoms with van der Waals surface area (Å²) in [6.07, 6.45) is -5.89. The third-order valence-corrected chi connectivity index (χ3v) is 5.11. The standard InChI is InChI=1S/C21H21F3O4/c1-3-27-18(25)20(19(26)28-4-2)11-14(12-21(22,23)24)16-10-9-13-7-5-6-8-15(13)17(16)20/h5-10,14H,3-4,11-12H2,1-2H3. The molecule has 1 unspecified atom stereocenters. The third-order valence-electron chi connectivity index (χ3n) is 5.11. The van der Waals surface area contributed by atoms with Gasteiger partial charge in [0.25, 0.3) is 0 Å². The second-order valence-electron chi connectivity index (χ2n) is 6.82. The average Bonchev–Trinajstić information content (AvgIpc) is 2.96. The molecule has 0 saturated heterocycles. The number of carbonyl (C=O) groups is 2. The van der Waals surface area contributed by atoms with Crippen LogP contribution in [0.2, 0.25) is 0 Å². The lowest BCUT2D eigenvalue weighted by Gasteiger charge is -2.27. The minimum atomic E-state index is -4.44. The van der Waals surface area contributed by atoms with Gasteiger partial charge >= 0.3 is 18.1 Å². The van der Waals surface area contributed by atoms with Crippen molar-refractivity contribution >= 4 is 22.7 Å². The number of alkyl halides is 3. The smallest absolute Gasteiger partial charge is 0.389 e. The van der Waals surface area contributed by atoms with Gasteiger partial charge in [-0.3, -0.25) is 9.59 Å². The molecule has 1 aliphatic rings. The summed E-state index contributed by atoms with van der Waals surface area (Å²) < 4.78 is 50.0. The van der Waals surface area contributed by atoms with Crippen molar-refractivity contribution < 1.29 is 32.2 Å². The topological polar surface area (TPSA) is 52.6 Å². The fourth-order valence-electron chi connectivity index (χ4n) is 4.11. The SMILES string of the molecule is CCOC(=O)C1(C(=O)OCC)CC(CC(F)(F)F)c2ccc3ccccc3c21. The van der Waals surface area contributed by atoms with Crippen LogP contribution in [-0.2, 0) is 24.5 Å². The number of ether oxygens (including phenoxy) is 2. The predicted octanol–water partition coefficient (Wildman–Crippen LogP) is 4.64. The summed E-state index contributed by atoms with van der Waals surface area (Å²) >= 11 is 0. The molecule has 3 rings (SSSR count). The van der Waals surface area contributed by atoms with Gasteiger partial charge in [0, 0.05) is 0 Å². The molecule has 1 atom stereocenters. The molecule has 0 saturated carbocycles. The molecule has 0 bridgehead atoms. The first-order valence-corrected chi connectivity index (χ1v) is 9.18. The fraction of sp³-hybridized carbons (Fsp3) is 0.429. The van der Waals surface area contributed by atoms with E-state index in [1.807, 2.05) is 0 Å². The van der Waals surface area contributed by atoms with Crippen LogP contribution in [0.25, 0.3) is 10.8 Å². The Bertz CT molecular complexity index is 886. The van der Waals surface area contributed by atoms with Crippen LogP contribution in [0.15, 0.2) is 36.4 Å². The highest BCUT2D eigenvalue weighted by Crippen LogP contribution is 2.53. The molecule has 4 nitrogen and oxygen atoms in total. The minimum absolute atomic E-state index is 0.00399. The Morgan fingerprint density at radius 3 is 2.21 bits per heavy atom. The van der Waals surface area contributed by atoms with Gasteiger partial charge < -0.3 is 9.47 Å². The number of rotatable bonds is 5. The van der Waals surface area contributed by atoms with E-state index in [0.29, 0.717) is 10.9 Å². The minimum Gasteiger partial charge on any atom is -0.465 e. The molecule has 0 spiro atoms. The maximum absolute atomic E-state index is 13.2. The number of esters is 2. The van der Waals surface area contributed by atoms with E-state index in [-0.39, 0.29) is 25.2 Å². The molecule has 150 valence electrons. The number of carbonyl (C=O) groups excluding carboxylic acids is 2. The lowest BCUT2D eigenvalue weighted by Crippen LogP contribution is -2.45. The van der Waals surface area contributed by atoms with Crippen molar-refractivity contribution in [1.82, 2.24) is 0 Å². The highest BCUT2D eigenvalue weighted by molar-refractivity contribution is 6.11. The van der Waals surface area contributed by atoms with Crippen LogP contribution in [0.4, 0.5) is 13.2 Å². The van der Waals surface area contributed by atoms with Gasteiger partial charge in [-0.15, -0.1) is 0 Å². The Balaban J connectivity index is 2.30. The molecule has 0 fully saturated rings. The Hall–Kier alpha value is -2.57. The van der Waals surface area contributed by atoms with E-state index in [4.69, 9.17) is 9.47 Å². The summed E-state index contributed by atoms with van der Waals surface area (Å²) in [7, 11) is 0. The fourth-order valence-corrected chi connectivity index (χ4v) is 4.11. The van der Waals surface area contributed by atoms with E-state index in [1.54, 1.807) is 50.2 Å². The van der Waals surface area contributed by atoms with E-state index in [0.717, 1.165) is 5.39 Å². The Labute approximate surface area is 160 Å². The maximum Gasteiger partial charge on any atom is 0.389 e. The van der Waals surface area contributed by atoms with Crippen molar-refractivity contribution in [3.63, 3.8) is 0 Å². The number of halogens is 3. The highest BCUT2D eigenvalue weighted by Gasteiger charge is 2.59. The van der Waals surface area contributed by atoms with Crippen LogP contribution < -0.4 is 0 Å². The van der Waals surface area contributed by atoms with Crippen molar-refractivity contribution in [2.45, 2.75) is 44.2 Å². The first-order chi connectivity index (χ1) is 13.2. The zero-order valence-electron chi connectivity index (χ0n) is 15.6. The van der Waals surface area contributed by atoms with Gasteiger partial charge in [0.15, 0.2) is 5.41 Å². The van der Waals surface area contributed by atoms with Crippen LogP contribution in [0.3, 0.4) is 0 Å². The van der Waals surface area contributed by atoms with Crippen LogP contribution in [-0.4, -0.2) is 31.3 Å². The lowest BCUT2D eigenvalue weighted by atomic mass is 9.79. The number of hydrogen-bond donors (Lipinski definition) is 0. The second kappa shape index (κ2) is 7.45. The molecular weight excluding hydrogens is 373 g/mol. The summed E-state index contributed by atoms with van der Waals surface area (Å²) in [4.78, 5) is 26.0. The predicted molar refractivity (Wildman–Crippen MR) is 96.9 cm³/mol. The molecule has 0 heterocycles. The number of fused-ring (bicyclic) bond motifs is 3. The summed E-state index contributed by atoms with van der Waals surface area (Å²) in [5.74, 6) is -2.76. The van der Waals surface area contributed by atoms with Gasteiger partial charge in [0.05, 0.1) is 19.6 Å². The zero-order valence-corrected chi connectivity index (χ0v) is 15.6. The van der Waals surface area contributed by atoms with Gasteiger partial charge in [0.1, 0.15) is 0 Å². The Morgan fingerprint density at radius 2 is 1.64 bits per heavy atom. The molecule has 0 aliphatic heterocycles. The van der Waals surface area contributed by atoms with Crippen LogP contribution >= 0.6 is 0 Å². The second-order valence-corrected chi connectivity index (χ2v) is 6.82. The van der Waals surface area contributed by atoms with Crippen LogP contribution in [0, 0.1) is 0 Å². The average molecular weight is 394 g/mol. The van der Waals surface area contributed by atoms with E-state index in [9.17, 15) is 22.8 Å². The maximum atomic E-state index is 13.2. The number of benzene rings is 2. The van der Waals surface area contributed by atoms with Crippen LogP contribution in [0.1, 0.15) is 43.7 Å².